The van der Waals surface area contributed by atoms with Gasteiger partial charge in [0.25, 0.3) is 0 Å². The van der Waals surface area contributed by atoms with E-state index in [1.54, 1.807) is 0 Å². The summed E-state index contributed by atoms with van der Waals surface area (Å²) in [4.78, 5) is 0. The fraction of sp³-hybridized carbons (Fsp3) is 0.600. The van der Waals surface area contributed by atoms with Crippen LogP contribution in [0.4, 0.5) is 0 Å². The number of thioether (sulfide) groups is 1. The largest absolute Gasteiger partial charge is 0.379 e. The van der Waals surface area contributed by atoms with Gasteiger partial charge in [0.1, 0.15) is 0 Å². The molecule has 1 atom stereocenters. The van der Waals surface area contributed by atoms with Gasteiger partial charge in [-0.15, -0.1) is 0 Å². The van der Waals surface area contributed by atoms with E-state index in [1.165, 1.54) is 16.7 Å². The molecule has 0 aliphatic carbocycles. The lowest BCUT2D eigenvalue weighted by Crippen LogP contribution is -2.32. The molecule has 18 heavy (non-hydrogen) atoms. The van der Waals surface area contributed by atoms with Gasteiger partial charge in [-0.3, -0.25) is 0 Å². The van der Waals surface area contributed by atoms with Gasteiger partial charge < -0.3 is 10.1 Å². The second kappa shape index (κ2) is 6.60. The molecule has 2 nitrogen and oxygen atoms in total. The molecular formula is C15H23NOS. The van der Waals surface area contributed by atoms with Gasteiger partial charge in [0, 0.05) is 11.8 Å². The third-order valence-corrected chi connectivity index (χ3v) is 4.76. The third-order valence-electron chi connectivity index (χ3n) is 3.49. The summed E-state index contributed by atoms with van der Waals surface area (Å²) in [5, 5.41) is 4.29. The second-order valence-electron chi connectivity index (χ2n) is 4.95. The molecule has 100 valence electrons. The molecule has 1 aliphatic heterocycles. The van der Waals surface area contributed by atoms with Crippen LogP contribution in [0.5, 0.6) is 0 Å². The van der Waals surface area contributed by atoms with Gasteiger partial charge >= 0.3 is 0 Å². The SMILES string of the molecule is CCNC(CSC1COC1)c1ccc(C)c(C)c1. The molecule has 1 aromatic rings. The first-order valence-electron chi connectivity index (χ1n) is 6.70. The highest BCUT2D eigenvalue weighted by molar-refractivity contribution is 8.00. The topological polar surface area (TPSA) is 21.3 Å². The summed E-state index contributed by atoms with van der Waals surface area (Å²) in [6.07, 6.45) is 0. The summed E-state index contributed by atoms with van der Waals surface area (Å²) in [7, 11) is 0. The zero-order chi connectivity index (χ0) is 13.0. The van der Waals surface area contributed by atoms with Crippen LogP contribution in [-0.2, 0) is 4.74 Å². The Morgan fingerprint density at radius 3 is 2.67 bits per heavy atom. The molecule has 1 aromatic carbocycles. The Kier molecular flexibility index (Phi) is 5.10. The second-order valence-corrected chi connectivity index (χ2v) is 6.28. The van der Waals surface area contributed by atoms with Crippen molar-refractivity contribution in [2.24, 2.45) is 0 Å². The Hall–Kier alpha value is -0.510. The Bertz CT molecular complexity index is 390. The minimum Gasteiger partial charge on any atom is -0.379 e. The molecule has 3 heteroatoms. The van der Waals surface area contributed by atoms with E-state index in [0.717, 1.165) is 25.5 Å². The van der Waals surface area contributed by atoms with Crippen LogP contribution in [0.25, 0.3) is 0 Å². The number of nitrogens with one attached hydrogen (secondary N) is 1. The molecule has 0 amide bonds. The molecule has 1 aliphatic rings. The Morgan fingerprint density at radius 2 is 2.11 bits per heavy atom. The fourth-order valence-corrected chi connectivity index (χ4v) is 3.20. The number of aryl methyl sites for hydroxylation is 2. The van der Waals surface area contributed by atoms with Gasteiger partial charge in [-0.1, -0.05) is 25.1 Å². The van der Waals surface area contributed by atoms with Gasteiger partial charge in [-0.2, -0.15) is 11.8 Å². The molecular weight excluding hydrogens is 242 g/mol. The van der Waals surface area contributed by atoms with E-state index in [1.807, 2.05) is 11.8 Å². The van der Waals surface area contributed by atoms with E-state index in [2.05, 4.69) is 44.3 Å². The van der Waals surface area contributed by atoms with Crippen LogP contribution >= 0.6 is 11.8 Å². The van der Waals surface area contributed by atoms with Gasteiger partial charge in [-0.05, 0) is 37.1 Å². The molecule has 1 saturated heterocycles. The Labute approximate surface area is 114 Å². The average Bonchev–Trinajstić information content (AvgIpc) is 2.29. The molecule has 1 heterocycles. The zero-order valence-corrected chi connectivity index (χ0v) is 12.3. The molecule has 2 rings (SSSR count). The van der Waals surface area contributed by atoms with Gasteiger partial charge in [-0.25, -0.2) is 0 Å². The highest BCUT2D eigenvalue weighted by atomic mass is 32.2. The van der Waals surface area contributed by atoms with Crippen LogP contribution in [-0.4, -0.2) is 30.8 Å². The lowest BCUT2D eigenvalue weighted by Gasteiger charge is -2.28. The summed E-state index contributed by atoms with van der Waals surface area (Å²) < 4.78 is 5.23. The summed E-state index contributed by atoms with van der Waals surface area (Å²) in [5.41, 5.74) is 4.16. The molecule has 0 radical (unpaired) electrons. The Balaban J connectivity index is 1.99. The van der Waals surface area contributed by atoms with Gasteiger partial charge in [0.2, 0.25) is 0 Å². The van der Waals surface area contributed by atoms with Crippen LogP contribution in [0.15, 0.2) is 18.2 Å². The summed E-state index contributed by atoms with van der Waals surface area (Å²) in [5.74, 6) is 1.13. The van der Waals surface area contributed by atoms with E-state index >= 15 is 0 Å². The molecule has 1 unspecified atom stereocenters. The monoisotopic (exact) mass is 265 g/mol. The maximum absolute atomic E-state index is 5.23. The zero-order valence-electron chi connectivity index (χ0n) is 11.5. The standard InChI is InChI=1S/C15H23NOS/c1-4-16-15(10-18-14-8-17-9-14)13-6-5-11(2)12(3)7-13/h5-7,14-16H,4,8-10H2,1-3H3. The molecule has 1 N–H and O–H groups in total. The van der Waals surface area contributed by atoms with Crippen molar-refractivity contribution >= 4 is 11.8 Å². The maximum atomic E-state index is 5.23. The third kappa shape index (κ3) is 3.50. The van der Waals surface area contributed by atoms with Crippen LogP contribution in [0.2, 0.25) is 0 Å². The van der Waals surface area contributed by atoms with Crippen molar-refractivity contribution in [2.75, 3.05) is 25.5 Å². The lowest BCUT2D eigenvalue weighted by molar-refractivity contribution is 0.0455. The molecule has 0 saturated carbocycles. The highest BCUT2D eigenvalue weighted by Gasteiger charge is 2.21. The highest BCUT2D eigenvalue weighted by Crippen LogP contribution is 2.26. The first-order valence-corrected chi connectivity index (χ1v) is 7.75. The van der Waals surface area contributed by atoms with Crippen molar-refractivity contribution in [3.8, 4) is 0 Å². The van der Waals surface area contributed by atoms with Gasteiger partial charge in [0.15, 0.2) is 0 Å². The van der Waals surface area contributed by atoms with E-state index in [-0.39, 0.29) is 0 Å². The van der Waals surface area contributed by atoms with E-state index < -0.39 is 0 Å². The van der Waals surface area contributed by atoms with Crippen LogP contribution in [0.1, 0.15) is 29.7 Å². The smallest absolute Gasteiger partial charge is 0.0607 e. The van der Waals surface area contributed by atoms with Crippen LogP contribution in [0.3, 0.4) is 0 Å². The number of rotatable bonds is 6. The predicted molar refractivity (Wildman–Crippen MR) is 79.4 cm³/mol. The number of benzene rings is 1. The quantitative estimate of drug-likeness (QED) is 0.854. The van der Waals surface area contributed by atoms with Crippen molar-refractivity contribution in [1.82, 2.24) is 5.32 Å². The van der Waals surface area contributed by atoms with Crippen molar-refractivity contribution in [3.63, 3.8) is 0 Å². The van der Waals surface area contributed by atoms with Crippen molar-refractivity contribution in [2.45, 2.75) is 32.1 Å². The first-order chi connectivity index (χ1) is 8.70. The van der Waals surface area contributed by atoms with Gasteiger partial charge in [0.05, 0.1) is 18.5 Å². The number of hydrogen-bond donors (Lipinski definition) is 1. The Morgan fingerprint density at radius 1 is 1.33 bits per heavy atom. The van der Waals surface area contributed by atoms with E-state index in [9.17, 15) is 0 Å². The van der Waals surface area contributed by atoms with Crippen molar-refractivity contribution in [3.05, 3.63) is 34.9 Å². The fourth-order valence-electron chi connectivity index (χ4n) is 2.04. The molecule has 0 bridgehead atoms. The summed E-state index contributed by atoms with van der Waals surface area (Å²) in [6, 6.07) is 7.26. The van der Waals surface area contributed by atoms with Crippen molar-refractivity contribution < 1.29 is 4.74 Å². The maximum Gasteiger partial charge on any atom is 0.0607 e. The van der Waals surface area contributed by atoms with E-state index in [4.69, 9.17) is 4.74 Å². The average molecular weight is 265 g/mol. The normalized spacial score (nSPS) is 17.5. The lowest BCUT2D eigenvalue weighted by atomic mass is 10.0. The number of ether oxygens (including phenoxy) is 1. The van der Waals surface area contributed by atoms with E-state index in [0.29, 0.717) is 11.3 Å². The minimum absolute atomic E-state index is 0.458. The molecule has 0 spiro atoms. The van der Waals surface area contributed by atoms with Crippen molar-refractivity contribution in [1.29, 1.82) is 0 Å². The predicted octanol–water partition coefficient (Wildman–Crippen LogP) is 3.09. The van der Waals surface area contributed by atoms with Crippen LogP contribution in [0, 0.1) is 13.8 Å². The number of hydrogen-bond acceptors (Lipinski definition) is 3. The minimum atomic E-state index is 0.458. The first kappa shape index (κ1) is 13.9. The summed E-state index contributed by atoms with van der Waals surface area (Å²) in [6.45, 7) is 9.40. The summed E-state index contributed by atoms with van der Waals surface area (Å²) >= 11 is 2.03. The van der Waals surface area contributed by atoms with Crippen LogP contribution < -0.4 is 5.32 Å². The molecule has 1 fully saturated rings. The molecule has 0 aromatic heterocycles.